The SMILES string of the molecule is CC(C)(c1ccccc1)C(Cl)c1c(F)cc(F)cc1F. The lowest BCUT2D eigenvalue weighted by Crippen LogP contribution is -2.25. The van der Waals surface area contributed by atoms with Gasteiger partial charge in [0.1, 0.15) is 17.5 Å². The van der Waals surface area contributed by atoms with Gasteiger partial charge in [-0.25, -0.2) is 13.2 Å². The summed E-state index contributed by atoms with van der Waals surface area (Å²) in [5, 5.41) is -0.953. The molecule has 0 aliphatic heterocycles. The van der Waals surface area contributed by atoms with Crippen LogP contribution in [0.4, 0.5) is 13.2 Å². The van der Waals surface area contributed by atoms with Crippen LogP contribution in [0.1, 0.15) is 30.4 Å². The third-order valence-electron chi connectivity index (χ3n) is 3.45. The average molecular weight is 299 g/mol. The molecule has 2 aromatic rings. The molecule has 0 bridgehead atoms. The van der Waals surface area contributed by atoms with Gasteiger partial charge in [0.05, 0.1) is 5.38 Å². The van der Waals surface area contributed by atoms with Crippen LogP contribution in [0.15, 0.2) is 42.5 Å². The summed E-state index contributed by atoms with van der Waals surface area (Å²) in [6, 6.07) is 10.5. The van der Waals surface area contributed by atoms with E-state index in [1.807, 2.05) is 30.3 Å². The molecule has 0 saturated heterocycles. The molecule has 2 rings (SSSR count). The van der Waals surface area contributed by atoms with Gasteiger partial charge in [0.25, 0.3) is 0 Å². The summed E-state index contributed by atoms with van der Waals surface area (Å²) in [4.78, 5) is 0. The van der Waals surface area contributed by atoms with Crippen LogP contribution < -0.4 is 0 Å². The second kappa shape index (κ2) is 5.49. The zero-order valence-electron chi connectivity index (χ0n) is 11.1. The third kappa shape index (κ3) is 2.68. The van der Waals surface area contributed by atoms with E-state index in [0.717, 1.165) is 5.56 Å². The quantitative estimate of drug-likeness (QED) is 0.669. The average Bonchev–Trinajstić information content (AvgIpc) is 2.38. The minimum absolute atomic E-state index is 0.304. The van der Waals surface area contributed by atoms with Crippen LogP contribution in [-0.4, -0.2) is 0 Å². The van der Waals surface area contributed by atoms with E-state index in [2.05, 4.69) is 0 Å². The Morgan fingerprint density at radius 1 is 0.950 bits per heavy atom. The highest BCUT2D eigenvalue weighted by Gasteiger charge is 2.34. The summed E-state index contributed by atoms with van der Waals surface area (Å²) in [5.41, 5.74) is -0.160. The first-order chi connectivity index (χ1) is 9.34. The first-order valence-corrected chi connectivity index (χ1v) is 6.61. The van der Waals surface area contributed by atoms with Crippen LogP contribution in [0.25, 0.3) is 0 Å². The normalized spacial score (nSPS) is 13.3. The molecule has 0 amide bonds. The Kier molecular flexibility index (Phi) is 4.09. The molecule has 20 heavy (non-hydrogen) atoms. The maximum Gasteiger partial charge on any atom is 0.133 e. The van der Waals surface area contributed by atoms with Crippen LogP contribution in [0.5, 0.6) is 0 Å². The summed E-state index contributed by atoms with van der Waals surface area (Å²) in [5.74, 6) is -2.89. The highest BCUT2D eigenvalue weighted by Crippen LogP contribution is 2.43. The fourth-order valence-corrected chi connectivity index (χ4v) is 2.50. The van der Waals surface area contributed by atoms with E-state index < -0.39 is 28.2 Å². The number of rotatable bonds is 3. The number of halogens is 4. The largest absolute Gasteiger partial charge is 0.207 e. The lowest BCUT2D eigenvalue weighted by Gasteiger charge is -2.31. The summed E-state index contributed by atoms with van der Waals surface area (Å²) in [6.07, 6.45) is 0. The van der Waals surface area contributed by atoms with Gasteiger partial charge in [-0.1, -0.05) is 44.2 Å². The molecule has 0 nitrogen and oxygen atoms in total. The van der Waals surface area contributed by atoms with Crippen LogP contribution in [0, 0.1) is 17.5 Å². The summed E-state index contributed by atoms with van der Waals surface area (Å²) in [6.45, 7) is 3.59. The van der Waals surface area contributed by atoms with E-state index in [4.69, 9.17) is 11.6 Å². The molecule has 4 heteroatoms. The Bertz CT molecular complexity index is 585. The van der Waals surface area contributed by atoms with Crippen molar-refractivity contribution in [2.75, 3.05) is 0 Å². The van der Waals surface area contributed by atoms with E-state index in [1.54, 1.807) is 13.8 Å². The number of benzene rings is 2. The molecule has 1 unspecified atom stereocenters. The number of hydrogen-bond donors (Lipinski definition) is 0. The van der Waals surface area contributed by atoms with Crippen molar-refractivity contribution in [2.24, 2.45) is 0 Å². The van der Waals surface area contributed by atoms with E-state index >= 15 is 0 Å². The zero-order chi connectivity index (χ0) is 14.9. The molecule has 1 atom stereocenters. The van der Waals surface area contributed by atoms with Gasteiger partial charge in [-0.15, -0.1) is 11.6 Å². The summed E-state index contributed by atoms with van der Waals surface area (Å²) in [7, 11) is 0. The number of hydrogen-bond acceptors (Lipinski definition) is 0. The maximum atomic E-state index is 13.8. The van der Waals surface area contributed by atoms with Crippen LogP contribution in [-0.2, 0) is 5.41 Å². The van der Waals surface area contributed by atoms with Crippen molar-refractivity contribution in [1.29, 1.82) is 0 Å². The molecule has 2 aromatic carbocycles. The summed E-state index contributed by atoms with van der Waals surface area (Å²) < 4.78 is 40.7. The molecule has 0 saturated carbocycles. The Labute approximate surface area is 121 Å². The Morgan fingerprint density at radius 2 is 1.45 bits per heavy atom. The van der Waals surface area contributed by atoms with Gasteiger partial charge in [-0.05, 0) is 5.56 Å². The molecule has 0 aliphatic carbocycles. The van der Waals surface area contributed by atoms with Crippen molar-refractivity contribution in [2.45, 2.75) is 24.6 Å². The summed E-state index contributed by atoms with van der Waals surface area (Å²) >= 11 is 6.29. The highest BCUT2D eigenvalue weighted by molar-refractivity contribution is 6.21. The molecule has 0 aromatic heterocycles. The van der Waals surface area contributed by atoms with Gasteiger partial charge in [-0.3, -0.25) is 0 Å². The fraction of sp³-hybridized carbons (Fsp3) is 0.250. The topological polar surface area (TPSA) is 0 Å². The second-order valence-electron chi connectivity index (χ2n) is 5.23. The van der Waals surface area contributed by atoms with E-state index in [1.165, 1.54) is 0 Å². The van der Waals surface area contributed by atoms with Gasteiger partial charge < -0.3 is 0 Å². The van der Waals surface area contributed by atoms with Crippen molar-refractivity contribution in [3.63, 3.8) is 0 Å². The van der Waals surface area contributed by atoms with E-state index in [9.17, 15) is 13.2 Å². The Hall–Kier alpha value is -1.48. The lowest BCUT2D eigenvalue weighted by molar-refractivity contribution is 0.453. The monoisotopic (exact) mass is 298 g/mol. The molecule has 106 valence electrons. The minimum Gasteiger partial charge on any atom is -0.207 e. The predicted molar refractivity (Wildman–Crippen MR) is 74.4 cm³/mol. The first kappa shape index (κ1) is 14.9. The first-order valence-electron chi connectivity index (χ1n) is 6.18. The fourth-order valence-electron chi connectivity index (χ4n) is 2.17. The standard InChI is InChI=1S/C16H14ClF3/c1-16(2,10-6-4-3-5-7-10)15(17)14-12(19)8-11(18)9-13(14)20/h3-9,15H,1-2H3. The molecule has 0 heterocycles. The van der Waals surface area contributed by atoms with E-state index in [-0.39, 0.29) is 5.56 Å². The molecular formula is C16H14ClF3. The minimum atomic E-state index is -0.966. The smallest absolute Gasteiger partial charge is 0.133 e. The molecule has 0 aliphatic rings. The van der Waals surface area contributed by atoms with Crippen LogP contribution >= 0.6 is 11.6 Å². The van der Waals surface area contributed by atoms with Crippen molar-refractivity contribution >= 4 is 11.6 Å². The van der Waals surface area contributed by atoms with E-state index in [0.29, 0.717) is 12.1 Å². The molecule has 0 radical (unpaired) electrons. The predicted octanol–water partition coefficient (Wildman–Crippen LogP) is 5.36. The van der Waals surface area contributed by atoms with Crippen molar-refractivity contribution in [3.05, 3.63) is 71.0 Å². The highest BCUT2D eigenvalue weighted by atomic mass is 35.5. The van der Waals surface area contributed by atoms with Crippen LogP contribution in [0.2, 0.25) is 0 Å². The van der Waals surface area contributed by atoms with Gasteiger partial charge in [0, 0.05) is 23.1 Å². The van der Waals surface area contributed by atoms with Crippen molar-refractivity contribution in [1.82, 2.24) is 0 Å². The maximum absolute atomic E-state index is 13.8. The van der Waals surface area contributed by atoms with Gasteiger partial charge in [0.2, 0.25) is 0 Å². The molecule has 0 fully saturated rings. The third-order valence-corrected chi connectivity index (χ3v) is 4.21. The van der Waals surface area contributed by atoms with Gasteiger partial charge in [-0.2, -0.15) is 0 Å². The van der Waals surface area contributed by atoms with Gasteiger partial charge in [0.15, 0.2) is 0 Å². The Morgan fingerprint density at radius 3 is 1.95 bits per heavy atom. The molecule has 0 spiro atoms. The van der Waals surface area contributed by atoms with Crippen molar-refractivity contribution in [3.8, 4) is 0 Å². The Balaban J connectivity index is 2.48. The number of alkyl halides is 1. The lowest BCUT2D eigenvalue weighted by atomic mass is 9.78. The zero-order valence-corrected chi connectivity index (χ0v) is 11.9. The van der Waals surface area contributed by atoms with Gasteiger partial charge >= 0.3 is 0 Å². The second-order valence-corrected chi connectivity index (χ2v) is 5.67. The molecule has 0 N–H and O–H groups in total. The van der Waals surface area contributed by atoms with Crippen LogP contribution in [0.3, 0.4) is 0 Å². The van der Waals surface area contributed by atoms with Crippen molar-refractivity contribution < 1.29 is 13.2 Å². The molecular weight excluding hydrogens is 285 g/mol.